The third-order valence-corrected chi connectivity index (χ3v) is 10.1. The molecule has 5 N–H and O–H groups in total. The summed E-state index contributed by atoms with van der Waals surface area (Å²) in [4.78, 5) is 39.9. The highest BCUT2D eigenvalue weighted by Crippen LogP contribution is 2.76. The lowest BCUT2D eigenvalue weighted by Crippen LogP contribution is -2.85. The number of hydrogen-bond donors (Lipinski definition) is 4. The molecule has 2 heterocycles. The molecule has 4 aliphatic carbocycles. The number of ketones is 1. The lowest BCUT2D eigenvalue weighted by Gasteiger charge is -2.74. The molecule has 4 bridgehead atoms. The van der Waals surface area contributed by atoms with Crippen LogP contribution in [0.4, 0.5) is 0 Å². The number of Topliss-reactive ketones (excluding diaryl/α,β-unsaturated/α-hetero) is 1. The molecule has 10 heteroatoms. The minimum absolute atomic E-state index is 0.00106. The number of rotatable bonds is 4. The van der Waals surface area contributed by atoms with E-state index in [1.165, 1.54) is 7.05 Å². The van der Waals surface area contributed by atoms with Gasteiger partial charge in [-0.2, -0.15) is 0 Å². The number of likely N-dealkylation sites (N-methyl/N-ethyl adjacent to an activating group) is 1. The van der Waals surface area contributed by atoms with E-state index in [4.69, 9.17) is 15.2 Å². The first-order valence-corrected chi connectivity index (χ1v) is 12.4. The van der Waals surface area contributed by atoms with Crippen molar-refractivity contribution in [2.75, 3.05) is 26.7 Å². The van der Waals surface area contributed by atoms with Crippen LogP contribution in [-0.2, 0) is 23.9 Å². The van der Waals surface area contributed by atoms with Crippen LogP contribution in [-0.4, -0.2) is 88.7 Å². The molecule has 0 radical (unpaired) electrons. The molecular weight excluding hydrogens is 456 g/mol. The Balaban J connectivity index is 1.62. The van der Waals surface area contributed by atoms with E-state index in [9.17, 15) is 29.7 Å². The zero-order valence-electron chi connectivity index (χ0n) is 20.5. The lowest BCUT2D eigenvalue weighted by molar-refractivity contribution is -0.458. The third kappa shape index (κ3) is 2.75. The van der Waals surface area contributed by atoms with Crippen LogP contribution < -0.4 is 5.73 Å². The van der Waals surface area contributed by atoms with E-state index < -0.39 is 75.8 Å². The Kier molecular flexibility index (Phi) is 5.38. The highest BCUT2D eigenvalue weighted by molar-refractivity contribution is 6.05. The van der Waals surface area contributed by atoms with E-state index in [2.05, 4.69) is 6.58 Å². The van der Waals surface area contributed by atoms with Crippen LogP contribution in [0.5, 0.6) is 0 Å². The predicted molar refractivity (Wildman–Crippen MR) is 121 cm³/mol. The molecule has 10 nitrogen and oxygen atoms in total. The molecule has 2 saturated heterocycles. The molecule has 1 amide bonds. The summed E-state index contributed by atoms with van der Waals surface area (Å²) in [7, 11) is 1.42. The van der Waals surface area contributed by atoms with Crippen molar-refractivity contribution in [2.45, 2.75) is 63.6 Å². The second kappa shape index (κ2) is 7.58. The molecule has 35 heavy (non-hydrogen) atoms. The van der Waals surface area contributed by atoms with Crippen molar-refractivity contribution in [1.82, 2.24) is 4.90 Å². The largest absolute Gasteiger partial charge is 0.459 e. The molecule has 6 aliphatic rings. The molecule has 4 saturated carbocycles. The van der Waals surface area contributed by atoms with Crippen molar-refractivity contribution in [3.63, 3.8) is 0 Å². The van der Waals surface area contributed by atoms with E-state index in [0.29, 0.717) is 25.7 Å². The normalized spacial score (nSPS) is 47.2. The van der Waals surface area contributed by atoms with Gasteiger partial charge >= 0.3 is 5.97 Å². The fourth-order valence-electron chi connectivity index (χ4n) is 8.65. The summed E-state index contributed by atoms with van der Waals surface area (Å²) in [6, 6.07) is 0. The van der Waals surface area contributed by atoms with Crippen molar-refractivity contribution in [1.29, 1.82) is 0 Å². The number of carbonyl (C=O) groups is 3. The number of fused-ring (bicyclic) bond motifs is 2. The van der Waals surface area contributed by atoms with Crippen molar-refractivity contribution >= 4 is 17.7 Å². The van der Waals surface area contributed by atoms with Gasteiger partial charge in [-0.15, -0.1) is 0 Å². The number of hydrogen-bond acceptors (Lipinski definition) is 9. The smallest absolute Gasteiger partial charge is 0.325 e. The molecule has 2 aliphatic heterocycles. The van der Waals surface area contributed by atoms with Gasteiger partial charge in [0.1, 0.15) is 24.2 Å². The Bertz CT molecular complexity index is 998. The maximum Gasteiger partial charge on any atom is 0.325 e. The van der Waals surface area contributed by atoms with Gasteiger partial charge in [-0.05, 0) is 42.6 Å². The van der Waals surface area contributed by atoms with Gasteiger partial charge in [0, 0.05) is 24.3 Å². The number of nitrogens with zero attached hydrogens (tertiary/aromatic N) is 1. The minimum Gasteiger partial charge on any atom is -0.459 e. The molecule has 9 atom stereocenters. The van der Waals surface area contributed by atoms with Gasteiger partial charge in [0.05, 0.1) is 19.3 Å². The highest BCUT2D eigenvalue weighted by Gasteiger charge is 2.87. The van der Waals surface area contributed by atoms with Crippen LogP contribution in [0.3, 0.4) is 0 Å². The fraction of sp³-hybridized carbons (Fsp3) is 0.800. The van der Waals surface area contributed by atoms with E-state index in [1.54, 1.807) is 0 Å². The SMILES string of the molecule is C=C1C(=O)C23C(CCC1[C@@H]2OC(=O)CN(C)C(=O)CN)[C@]12COC3(O)[C@@H](O)[C@@H]1C(C)(C)CCC2O. The summed E-state index contributed by atoms with van der Waals surface area (Å²) < 4.78 is 11.9. The van der Waals surface area contributed by atoms with Gasteiger partial charge in [0.2, 0.25) is 11.7 Å². The average Bonchev–Trinajstić information content (AvgIpc) is 2.91. The Morgan fingerprint density at radius 1 is 1.26 bits per heavy atom. The molecular formula is C25H36N2O8. The predicted octanol–water partition coefficient (Wildman–Crippen LogP) is -0.656. The third-order valence-electron chi connectivity index (χ3n) is 10.1. The fourth-order valence-corrected chi connectivity index (χ4v) is 8.65. The number of esters is 1. The van der Waals surface area contributed by atoms with Gasteiger partial charge < -0.3 is 35.4 Å². The van der Waals surface area contributed by atoms with E-state index in [0.717, 1.165) is 4.90 Å². The molecule has 5 unspecified atom stereocenters. The second-order valence-corrected chi connectivity index (χ2v) is 11.9. The molecule has 0 aromatic rings. The van der Waals surface area contributed by atoms with Crippen LogP contribution in [0.15, 0.2) is 12.2 Å². The quantitative estimate of drug-likeness (QED) is 0.295. The molecule has 6 fully saturated rings. The Labute approximate surface area is 204 Å². The van der Waals surface area contributed by atoms with Crippen LogP contribution >= 0.6 is 0 Å². The van der Waals surface area contributed by atoms with Gasteiger partial charge in [-0.25, -0.2) is 0 Å². The number of aliphatic hydroxyl groups excluding tert-OH is 2. The molecule has 6 rings (SSSR count). The van der Waals surface area contributed by atoms with E-state index in [-0.39, 0.29) is 25.3 Å². The maximum atomic E-state index is 14.0. The minimum atomic E-state index is -2.31. The average molecular weight is 493 g/mol. The molecule has 194 valence electrons. The monoisotopic (exact) mass is 492 g/mol. The van der Waals surface area contributed by atoms with Crippen molar-refractivity contribution in [3.05, 3.63) is 12.2 Å². The number of ether oxygens (including phenoxy) is 2. The van der Waals surface area contributed by atoms with Gasteiger partial charge in [0.25, 0.3) is 0 Å². The maximum absolute atomic E-state index is 14.0. The first-order valence-electron chi connectivity index (χ1n) is 12.4. The topological polar surface area (TPSA) is 160 Å². The van der Waals surface area contributed by atoms with E-state index >= 15 is 0 Å². The number of carbonyl (C=O) groups excluding carboxylic acids is 3. The first-order chi connectivity index (χ1) is 16.3. The number of nitrogens with two attached hydrogens (primary N) is 1. The van der Waals surface area contributed by atoms with Gasteiger partial charge in [-0.1, -0.05) is 20.4 Å². The first kappa shape index (κ1) is 24.8. The van der Waals surface area contributed by atoms with Crippen LogP contribution in [0, 0.1) is 34.0 Å². The van der Waals surface area contributed by atoms with Crippen molar-refractivity contribution in [3.8, 4) is 0 Å². The summed E-state index contributed by atoms with van der Waals surface area (Å²) in [5.74, 6) is -5.66. The zero-order chi connectivity index (χ0) is 25.7. The Hall–Kier alpha value is -1.85. The zero-order valence-corrected chi connectivity index (χ0v) is 20.5. The van der Waals surface area contributed by atoms with Crippen LogP contribution in [0.2, 0.25) is 0 Å². The van der Waals surface area contributed by atoms with Crippen molar-refractivity contribution in [2.24, 2.45) is 39.7 Å². The molecule has 2 spiro atoms. The molecule has 0 aromatic carbocycles. The second-order valence-electron chi connectivity index (χ2n) is 11.9. The lowest BCUT2D eigenvalue weighted by atomic mass is 9.35. The van der Waals surface area contributed by atoms with Gasteiger partial charge in [-0.3, -0.25) is 14.4 Å². The summed E-state index contributed by atoms with van der Waals surface area (Å²) in [6.45, 7) is 7.34. The summed E-state index contributed by atoms with van der Waals surface area (Å²) in [5, 5.41) is 35.2. The Morgan fingerprint density at radius 3 is 2.60 bits per heavy atom. The highest BCUT2D eigenvalue weighted by atomic mass is 16.6. The summed E-state index contributed by atoms with van der Waals surface area (Å²) in [6.07, 6.45) is -1.36. The van der Waals surface area contributed by atoms with Crippen molar-refractivity contribution < 1.29 is 39.2 Å². The standard InChI is InChI=1S/C25H36N2O8/c1-12-13-5-6-14-23-11-34-25(33,20(32)18(23)22(2,3)8-7-15(23)28)24(14,19(12)31)21(13)35-17(30)10-27(4)16(29)9-26/h13-15,18,20-21,28,32-33H,1,5-11,26H2,2-4H3/t13?,14?,15?,18-,20+,21+,23+,24?,25?/m1/s1. The molecule has 0 aromatic heterocycles. The van der Waals surface area contributed by atoms with Crippen LogP contribution in [0.25, 0.3) is 0 Å². The summed E-state index contributed by atoms with van der Waals surface area (Å²) >= 11 is 0. The number of amides is 1. The van der Waals surface area contributed by atoms with Gasteiger partial charge in [0.15, 0.2) is 5.78 Å². The van der Waals surface area contributed by atoms with E-state index in [1.807, 2.05) is 13.8 Å². The van der Waals surface area contributed by atoms with Crippen LogP contribution in [0.1, 0.15) is 39.5 Å². The summed E-state index contributed by atoms with van der Waals surface area (Å²) in [5.41, 5.74) is 2.40. The number of aliphatic hydroxyl groups is 3. The Morgan fingerprint density at radius 2 is 1.94 bits per heavy atom.